The number of aromatic nitrogens is 3. The van der Waals surface area contributed by atoms with Crippen molar-refractivity contribution in [2.45, 2.75) is 25.8 Å². The third-order valence-corrected chi connectivity index (χ3v) is 8.20. The van der Waals surface area contributed by atoms with Gasteiger partial charge in [0, 0.05) is 50.7 Å². The molecule has 41 heavy (non-hydrogen) atoms. The highest BCUT2D eigenvalue weighted by atomic mass is 16.5. The number of piperidine rings is 1. The number of likely N-dealkylation sites (tertiary alicyclic amines) is 2. The van der Waals surface area contributed by atoms with Crippen LogP contribution in [0, 0.1) is 24.7 Å². The molecular weight excluding hydrogens is 512 g/mol. The summed E-state index contributed by atoms with van der Waals surface area (Å²) in [5, 5.41) is 0.812. The largest absolute Gasteiger partial charge is 0.457 e. The van der Waals surface area contributed by atoms with E-state index in [0.29, 0.717) is 17.8 Å². The quantitative estimate of drug-likeness (QED) is 0.286. The number of carbonyl (C=O) groups is 1. The molecule has 0 unspecified atom stereocenters. The van der Waals surface area contributed by atoms with Crippen LogP contribution in [0.1, 0.15) is 24.1 Å². The summed E-state index contributed by atoms with van der Waals surface area (Å²) >= 11 is 0. The summed E-state index contributed by atoms with van der Waals surface area (Å²) < 4.78 is 8.14. The minimum atomic E-state index is 0.0282. The van der Waals surface area contributed by atoms with Gasteiger partial charge in [0.15, 0.2) is 0 Å². The van der Waals surface area contributed by atoms with Crippen molar-refractivity contribution in [2.24, 2.45) is 13.0 Å². The Bertz CT molecular complexity index is 1670. The standard InChI is InChI=1S/C33H34N6O2/c1-4-29(40)38-16-14-25(15-17-38)39-19-23(20-39)10-12-27-30(31-32(34)35-21-36-33(31)37(27)3)24-11-13-28(22(2)18-24)41-26-8-6-5-7-9-26/h4-9,11,13,18,21,23,25H,1,14-17,19-20H2,2-3H3,(H2,34,35,36). The molecule has 208 valence electrons. The highest BCUT2D eigenvalue weighted by molar-refractivity contribution is 6.03. The van der Waals surface area contributed by atoms with Gasteiger partial charge in [0.05, 0.1) is 5.39 Å². The molecule has 0 saturated carbocycles. The van der Waals surface area contributed by atoms with E-state index in [9.17, 15) is 4.79 Å². The van der Waals surface area contributed by atoms with E-state index in [2.05, 4.69) is 39.4 Å². The molecular formula is C33H34N6O2. The van der Waals surface area contributed by atoms with Gasteiger partial charge in [0.25, 0.3) is 0 Å². The lowest BCUT2D eigenvalue weighted by Crippen LogP contribution is -2.55. The number of anilines is 1. The molecule has 1 amide bonds. The fraction of sp³-hybridized carbons (Fsp3) is 0.303. The number of hydrogen-bond acceptors (Lipinski definition) is 6. The molecule has 2 aliphatic heterocycles. The number of amides is 1. The number of benzene rings is 2. The third kappa shape index (κ3) is 5.17. The van der Waals surface area contributed by atoms with Crippen molar-refractivity contribution in [2.75, 3.05) is 31.9 Å². The Balaban J connectivity index is 1.25. The summed E-state index contributed by atoms with van der Waals surface area (Å²) in [6.45, 7) is 9.12. The van der Waals surface area contributed by atoms with E-state index in [1.807, 2.05) is 65.9 Å². The van der Waals surface area contributed by atoms with Crippen LogP contribution in [0.25, 0.3) is 22.2 Å². The first-order valence-electron chi connectivity index (χ1n) is 14.0. The predicted octanol–water partition coefficient (Wildman–Crippen LogP) is 4.78. The van der Waals surface area contributed by atoms with Gasteiger partial charge in [-0.3, -0.25) is 9.69 Å². The van der Waals surface area contributed by atoms with Gasteiger partial charge in [0.1, 0.15) is 35.0 Å². The normalized spacial score (nSPS) is 16.2. The Hall–Kier alpha value is -4.61. The van der Waals surface area contributed by atoms with Crippen molar-refractivity contribution in [3.63, 3.8) is 0 Å². The number of hydrogen-bond donors (Lipinski definition) is 1. The van der Waals surface area contributed by atoms with Crippen molar-refractivity contribution < 1.29 is 9.53 Å². The fourth-order valence-corrected chi connectivity index (χ4v) is 5.89. The van der Waals surface area contributed by atoms with Crippen LogP contribution in [0.3, 0.4) is 0 Å². The van der Waals surface area contributed by atoms with Crippen LogP contribution in [0.4, 0.5) is 5.82 Å². The summed E-state index contributed by atoms with van der Waals surface area (Å²) in [5.74, 6) is 9.37. The maximum absolute atomic E-state index is 11.9. The van der Waals surface area contributed by atoms with E-state index in [0.717, 1.165) is 83.9 Å². The number of carbonyl (C=O) groups excluding carboxylic acids is 1. The maximum atomic E-state index is 11.9. The minimum Gasteiger partial charge on any atom is -0.457 e. The van der Waals surface area contributed by atoms with Gasteiger partial charge in [-0.15, -0.1) is 0 Å². The van der Waals surface area contributed by atoms with E-state index in [4.69, 9.17) is 10.5 Å². The molecule has 0 bridgehead atoms. The van der Waals surface area contributed by atoms with Gasteiger partial charge < -0.3 is 19.9 Å². The molecule has 8 heteroatoms. The van der Waals surface area contributed by atoms with Crippen LogP contribution in [-0.4, -0.2) is 62.5 Å². The van der Waals surface area contributed by atoms with Crippen LogP contribution >= 0.6 is 0 Å². The Labute approximate surface area is 240 Å². The highest BCUT2D eigenvalue weighted by Crippen LogP contribution is 2.38. The van der Waals surface area contributed by atoms with Crippen LogP contribution < -0.4 is 10.5 Å². The first-order valence-corrected chi connectivity index (χ1v) is 14.0. The molecule has 4 aromatic rings. The Morgan fingerprint density at radius 2 is 1.88 bits per heavy atom. The van der Waals surface area contributed by atoms with Crippen molar-refractivity contribution in [3.8, 4) is 34.5 Å². The zero-order chi connectivity index (χ0) is 28.5. The number of nitrogen functional groups attached to an aromatic ring is 1. The molecule has 4 heterocycles. The number of aryl methyl sites for hydroxylation is 2. The van der Waals surface area contributed by atoms with E-state index < -0.39 is 0 Å². The van der Waals surface area contributed by atoms with Gasteiger partial charge >= 0.3 is 0 Å². The van der Waals surface area contributed by atoms with Gasteiger partial charge in [-0.2, -0.15) is 0 Å². The SMILES string of the molecule is C=CC(=O)N1CCC(N2CC(C#Cc3c(-c4ccc(Oc5ccccc5)c(C)c4)c4c(N)ncnc4n3C)C2)CC1. The Kier molecular flexibility index (Phi) is 7.21. The molecule has 2 N–H and O–H groups in total. The summed E-state index contributed by atoms with van der Waals surface area (Å²) in [6, 6.07) is 16.4. The predicted molar refractivity (Wildman–Crippen MR) is 161 cm³/mol. The topological polar surface area (TPSA) is 89.5 Å². The lowest BCUT2D eigenvalue weighted by Gasteiger charge is -2.45. The van der Waals surface area contributed by atoms with Crippen LogP contribution in [0.5, 0.6) is 11.5 Å². The number of nitrogens with zero attached hydrogens (tertiary/aromatic N) is 5. The number of nitrogens with two attached hydrogens (primary N) is 1. The van der Waals surface area contributed by atoms with Crippen LogP contribution in [-0.2, 0) is 11.8 Å². The summed E-state index contributed by atoms with van der Waals surface area (Å²) in [6.07, 6.45) is 4.89. The van der Waals surface area contributed by atoms with Crippen LogP contribution in [0.2, 0.25) is 0 Å². The van der Waals surface area contributed by atoms with E-state index in [1.165, 1.54) is 12.4 Å². The molecule has 0 aliphatic carbocycles. The second-order valence-electron chi connectivity index (χ2n) is 10.8. The molecule has 2 aliphatic rings. The molecule has 0 atom stereocenters. The van der Waals surface area contributed by atoms with E-state index in [1.54, 1.807) is 0 Å². The fourth-order valence-electron chi connectivity index (χ4n) is 5.89. The Morgan fingerprint density at radius 3 is 2.59 bits per heavy atom. The zero-order valence-corrected chi connectivity index (χ0v) is 23.5. The number of fused-ring (bicyclic) bond motifs is 1. The number of para-hydroxylation sites is 1. The zero-order valence-electron chi connectivity index (χ0n) is 23.5. The average Bonchev–Trinajstić information content (AvgIpc) is 3.26. The second kappa shape index (κ2) is 11.1. The Morgan fingerprint density at radius 1 is 1.12 bits per heavy atom. The van der Waals surface area contributed by atoms with Crippen molar-refractivity contribution in [1.82, 2.24) is 24.3 Å². The van der Waals surface area contributed by atoms with E-state index >= 15 is 0 Å². The lowest BCUT2D eigenvalue weighted by atomic mass is 9.93. The second-order valence-corrected chi connectivity index (χ2v) is 10.8. The van der Waals surface area contributed by atoms with Crippen molar-refractivity contribution in [3.05, 3.63) is 78.8 Å². The lowest BCUT2D eigenvalue weighted by molar-refractivity contribution is -0.127. The molecule has 2 fully saturated rings. The third-order valence-electron chi connectivity index (χ3n) is 8.20. The molecule has 0 radical (unpaired) electrons. The number of rotatable bonds is 5. The molecule has 2 aromatic carbocycles. The molecule has 2 aromatic heterocycles. The van der Waals surface area contributed by atoms with Crippen molar-refractivity contribution >= 4 is 22.8 Å². The molecule has 8 nitrogen and oxygen atoms in total. The first-order chi connectivity index (χ1) is 19.9. The molecule has 6 rings (SSSR count). The van der Waals surface area contributed by atoms with Crippen molar-refractivity contribution in [1.29, 1.82) is 0 Å². The summed E-state index contributed by atoms with van der Waals surface area (Å²) in [4.78, 5) is 25.1. The molecule has 2 saturated heterocycles. The maximum Gasteiger partial charge on any atom is 0.245 e. The smallest absolute Gasteiger partial charge is 0.245 e. The molecule has 0 spiro atoms. The van der Waals surface area contributed by atoms with Gasteiger partial charge in [0.2, 0.25) is 5.91 Å². The van der Waals surface area contributed by atoms with E-state index in [-0.39, 0.29) is 5.91 Å². The average molecular weight is 547 g/mol. The first kappa shape index (κ1) is 26.6. The van der Waals surface area contributed by atoms with Gasteiger partial charge in [-0.25, -0.2) is 9.97 Å². The monoisotopic (exact) mass is 546 g/mol. The van der Waals surface area contributed by atoms with Gasteiger partial charge in [-0.05, 0) is 67.2 Å². The highest BCUT2D eigenvalue weighted by Gasteiger charge is 2.34. The van der Waals surface area contributed by atoms with Gasteiger partial charge in [-0.1, -0.05) is 36.8 Å². The minimum absolute atomic E-state index is 0.0282. The summed E-state index contributed by atoms with van der Waals surface area (Å²) in [5.41, 5.74) is 11.0. The number of ether oxygens (including phenoxy) is 1. The van der Waals surface area contributed by atoms with Crippen LogP contribution in [0.15, 0.2) is 67.5 Å². The summed E-state index contributed by atoms with van der Waals surface area (Å²) in [7, 11) is 1.98.